The van der Waals surface area contributed by atoms with E-state index >= 15 is 0 Å². The van der Waals surface area contributed by atoms with Crippen LogP contribution >= 0.6 is 0 Å². The Morgan fingerprint density at radius 3 is 2.60 bits per heavy atom. The van der Waals surface area contributed by atoms with Gasteiger partial charge in [0.05, 0.1) is 5.69 Å². The maximum atomic E-state index is 13.6. The smallest absolute Gasteiger partial charge is 0.251 e. The second kappa shape index (κ2) is 13.2. The van der Waals surface area contributed by atoms with Crippen molar-refractivity contribution < 1.29 is 13.9 Å². The number of piperidine rings is 1. The lowest BCUT2D eigenvalue weighted by molar-refractivity contribution is 0.0944. The zero-order valence-electron chi connectivity index (χ0n) is 23.6. The Morgan fingerprint density at radius 1 is 0.953 bits per heavy atom. The van der Waals surface area contributed by atoms with Crippen LogP contribution in [0.1, 0.15) is 34.3 Å². The van der Waals surface area contributed by atoms with Gasteiger partial charge in [-0.05, 0) is 66.3 Å². The molecule has 1 N–H and O–H groups in total. The maximum Gasteiger partial charge on any atom is 0.251 e. The Balaban J connectivity index is 1.03. The highest BCUT2D eigenvalue weighted by atomic mass is 19.1. The summed E-state index contributed by atoms with van der Waals surface area (Å²) in [6.45, 7) is 1.75. The fourth-order valence-electron chi connectivity index (χ4n) is 5.16. The number of aromatic nitrogens is 5. The third kappa shape index (κ3) is 7.03. The summed E-state index contributed by atoms with van der Waals surface area (Å²) in [6, 6.07) is 24.4. The van der Waals surface area contributed by atoms with Crippen LogP contribution in [0.15, 0.2) is 97.6 Å². The van der Waals surface area contributed by atoms with E-state index in [-0.39, 0.29) is 5.91 Å². The largest absolute Gasteiger partial charge is 0.489 e. The first-order valence-corrected chi connectivity index (χ1v) is 14.3. The van der Waals surface area contributed by atoms with Crippen molar-refractivity contribution in [1.82, 2.24) is 30.0 Å². The van der Waals surface area contributed by atoms with Crippen LogP contribution in [0, 0.1) is 5.92 Å². The molecule has 218 valence electrons. The molecule has 6 rings (SSSR count). The molecule has 9 nitrogen and oxygen atoms in total. The molecule has 0 bridgehead atoms. The molecule has 3 aromatic carbocycles. The van der Waals surface area contributed by atoms with Crippen LogP contribution in [0.5, 0.6) is 5.75 Å². The molecule has 0 aliphatic carbocycles. The number of benzene rings is 3. The van der Waals surface area contributed by atoms with Crippen LogP contribution in [-0.2, 0) is 13.3 Å². The van der Waals surface area contributed by atoms with Crippen LogP contribution in [-0.4, -0.2) is 50.3 Å². The standard InChI is InChI=1S/C33H32FN7O2/c34-20-26-16-28(19-30(17-26)43-22-25-6-2-1-3-7-25)32(42)35-21-24-10-14-40(15-11-24)33-37-23-36-31(39-33)27-8-4-9-29(18-27)41-13-5-12-38-41/h1-9,12-13,16-19,23-24H,10-11,14-15,20-22H2,(H,35,42). The van der Waals surface area contributed by atoms with Crippen molar-refractivity contribution in [2.75, 3.05) is 24.5 Å². The van der Waals surface area contributed by atoms with Crippen molar-refractivity contribution in [1.29, 1.82) is 0 Å². The summed E-state index contributed by atoms with van der Waals surface area (Å²) < 4.78 is 21.2. The summed E-state index contributed by atoms with van der Waals surface area (Å²) in [5, 5.41) is 7.34. The number of hydrogen-bond donors (Lipinski definition) is 1. The lowest BCUT2D eigenvalue weighted by atomic mass is 9.97. The van der Waals surface area contributed by atoms with E-state index in [0.717, 1.165) is 42.7 Å². The van der Waals surface area contributed by atoms with E-state index in [2.05, 4.69) is 25.3 Å². The lowest BCUT2D eigenvalue weighted by Gasteiger charge is -2.32. The Hall–Kier alpha value is -5.12. The first-order chi connectivity index (χ1) is 21.1. The summed E-state index contributed by atoms with van der Waals surface area (Å²) in [7, 11) is 0. The first kappa shape index (κ1) is 28.0. The number of rotatable bonds is 10. The van der Waals surface area contributed by atoms with E-state index < -0.39 is 6.67 Å². The van der Waals surface area contributed by atoms with Crippen LogP contribution in [0.2, 0.25) is 0 Å². The minimum Gasteiger partial charge on any atom is -0.489 e. The summed E-state index contributed by atoms with van der Waals surface area (Å²) in [5.74, 6) is 1.80. The zero-order valence-corrected chi connectivity index (χ0v) is 23.6. The summed E-state index contributed by atoms with van der Waals surface area (Å²) in [4.78, 5) is 28.7. The summed E-state index contributed by atoms with van der Waals surface area (Å²) >= 11 is 0. The van der Waals surface area contributed by atoms with Crippen LogP contribution in [0.3, 0.4) is 0 Å². The van der Waals surface area contributed by atoms with Crippen LogP contribution < -0.4 is 15.0 Å². The van der Waals surface area contributed by atoms with Gasteiger partial charge < -0.3 is 15.0 Å². The molecule has 1 aliphatic rings. The number of halogens is 1. The quantitative estimate of drug-likeness (QED) is 0.237. The molecule has 43 heavy (non-hydrogen) atoms. The maximum absolute atomic E-state index is 13.6. The number of amides is 1. The van der Waals surface area contributed by atoms with Crippen LogP contribution in [0.4, 0.5) is 10.3 Å². The van der Waals surface area contributed by atoms with E-state index in [1.54, 1.807) is 35.4 Å². The van der Waals surface area contributed by atoms with Gasteiger partial charge in [0.25, 0.3) is 5.91 Å². The predicted octanol–water partition coefficient (Wildman–Crippen LogP) is 5.42. The van der Waals surface area contributed by atoms with E-state index in [0.29, 0.717) is 47.7 Å². The average molecular weight is 578 g/mol. The molecular weight excluding hydrogens is 545 g/mol. The molecule has 0 saturated carbocycles. The molecule has 2 aromatic heterocycles. The molecule has 10 heteroatoms. The lowest BCUT2D eigenvalue weighted by Crippen LogP contribution is -2.39. The zero-order chi connectivity index (χ0) is 29.4. The number of hydrogen-bond acceptors (Lipinski definition) is 7. The van der Waals surface area contributed by atoms with Crippen LogP contribution in [0.25, 0.3) is 17.1 Å². The molecule has 1 saturated heterocycles. The molecule has 1 amide bonds. The third-order valence-electron chi connectivity index (χ3n) is 7.51. The van der Waals surface area contributed by atoms with Crippen molar-refractivity contribution in [3.63, 3.8) is 0 Å². The predicted molar refractivity (Wildman–Crippen MR) is 162 cm³/mol. The fraction of sp³-hybridized carbons (Fsp3) is 0.242. The van der Waals surface area contributed by atoms with E-state index in [4.69, 9.17) is 9.72 Å². The molecule has 0 radical (unpaired) electrons. The minimum absolute atomic E-state index is 0.234. The van der Waals surface area contributed by atoms with E-state index in [1.165, 1.54) is 0 Å². The number of nitrogens with zero attached hydrogens (tertiary/aromatic N) is 6. The number of alkyl halides is 1. The second-order valence-corrected chi connectivity index (χ2v) is 10.5. The van der Waals surface area contributed by atoms with Gasteiger partial charge in [-0.2, -0.15) is 10.1 Å². The van der Waals surface area contributed by atoms with E-state index in [9.17, 15) is 9.18 Å². The fourth-order valence-corrected chi connectivity index (χ4v) is 5.16. The number of nitrogens with one attached hydrogen (secondary N) is 1. The average Bonchev–Trinajstić information content (AvgIpc) is 3.62. The molecule has 1 fully saturated rings. The van der Waals surface area contributed by atoms with Crippen molar-refractivity contribution >= 4 is 11.9 Å². The molecule has 1 aliphatic heterocycles. The van der Waals surface area contributed by atoms with E-state index in [1.807, 2.05) is 66.9 Å². The Labute approximate surface area is 249 Å². The van der Waals surface area contributed by atoms with Gasteiger partial charge in [-0.15, -0.1) is 0 Å². The summed E-state index contributed by atoms with van der Waals surface area (Å²) in [6.07, 6.45) is 6.95. The molecule has 0 spiro atoms. The normalized spacial score (nSPS) is 13.6. The molecule has 5 aromatic rings. The minimum atomic E-state index is -0.671. The Morgan fingerprint density at radius 2 is 1.81 bits per heavy atom. The van der Waals surface area contributed by atoms with Gasteiger partial charge in [0.2, 0.25) is 5.95 Å². The molecule has 0 atom stereocenters. The topological polar surface area (TPSA) is 98.1 Å². The van der Waals surface area contributed by atoms with Crippen molar-refractivity contribution in [3.05, 3.63) is 114 Å². The van der Waals surface area contributed by atoms with Crippen molar-refractivity contribution in [3.8, 4) is 22.8 Å². The van der Waals surface area contributed by atoms with Gasteiger partial charge in [-0.25, -0.2) is 19.0 Å². The number of carbonyl (C=O) groups is 1. The van der Waals surface area contributed by atoms with Gasteiger partial charge >= 0.3 is 0 Å². The monoisotopic (exact) mass is 577 g/mol. The first-order valence-electron chi connectivity index (χ1n) is 14.3. The Bertz CT molecular complexity index is 1660. The highest BCUT2D eigenvalue weighted by Crippen LogP contribution is 2.24. The highest BCUT2D eigenvalue weighted by Gasteiger charge is 2.22. The van der Waals surface area contributed by atoms with Gasteiger partial charge in [-0.3, -0.25) is 4.79 Å². The van der Waals surface area contributed by atoms with Crippen molar-refractivity contribution in [2.24, 2.45) is 5.92 Å². The molecular formula is C33H32FN7O2. The Kier molecular flexibility index (Phi) is 8.63. The van der Waals surface area contributed by atoms with Gasteiger partial charge in [0.1, 0.15) is 25.4 Å². The molecule has 0 unspecified atom stereocenters. The summed E-state index contributed by atoms with van der Waals surface area (Å²) in [5.41, 5.74) is 3.62. The number of ether oxygens (including phenoxy) is 1. The number of carbonyl (C=O) groups excluding carboxylic acids is 1. The number of anilines is 1. The second-order valence-electron chi connectivity index (χ2n) is 10.5. The highest BCUT2D eigenvalue weighted by molar-refractivity contribution is 5.94. The van der Waals surface area contributed by atoms with Crippen molar-refractivity contribution in [2.45, 2.75) is 26.1 Å². The van der Waals surface area contributed by atoms with Gasteiger partial charge in [0, 0.05) is 43.2 Å². The SMILES string of the molecule is O=C(NCC1CCN(c2ncnc(-c3cccc(-n4cccn4)c3)n2)CC1)c1cc(CF)cc(OCc2ccccc2)c1. The van der Waals surface area contributed by atoms with Gasteiger partial charge in [0.15, 0.2) is 5.82 Å². The third-order valence-corrected chi connectivity index (χ3v) is 7.51. The van der Waals surface area contributed by atoms with Gasteiger partial charge in [-0.1, -0.05) is 42.5 Å². The molecule has 3 heterocycles.